The zero-order valence-electron chi connectivity index (χ0n) is 17.1. The maximum Gasteiger partial charge on any atom is 0.261 e. The van der Waals surface area contributed by atoms with E-state index in [2.05, 4.69) is 10.0 Å². The third-order valence-corrected chi connectivity index (χ3v) is 6.07. The predicted octanol–water partition coefficient (Wildman–Crippen LogP) is 4.04. The van der Waals surface area contributed by atoms with E-state index in [1.165, 1.54) is 19.2 Å². The first-order valence-electron chi connectivity index (χ1n) is 9.40. The second-order valence-electron chi connectivity index (χ2n) is 6.98. The minimum absolute atomic E-state index is 0.108. The molecule has 0 aliphatic carbocycles. The maximum atomic E-state index is 12.7. The Morgan fingerprint density at radius 3 is 2.23 bits per heavy atom. The second kappa shape index (κ2) is 9.00. The van der Waals surface area contributed by atoms with Crippen molar-refractivity contribution in [1.29, 1.82) is 0 Å². The molecule has 0 unspecified atom stereocenters. The molecular weight excluding hydrogens is 400 g/mol. The molecule has 3 aromatic rings. The molecule has 0 spiro atoms. The fourth-order valence-electron chi connectivity index (χ4n) is 2.82. The van der Waals surface area contributed by atoms with Gasteiger partial charge in [-0.15, -0.1) is 0 Å². The molecule has 7 heteroatoms. The van der Waals surface area contributed by atoms with Crippen molar-refractivity contribution >= 4 is 21.6 Å². The van der Waals surface area contributed by atoms with E-state index in [0.717, 1.165) is 11.1 Å². The molecule has 156 valence electrons. The first-order valence-corrected chi connectivity index (χ1v) is 10.9. The van der Waals surface area contributed by atoms with Crippen LogP contribution >= 0.6 is 0 Å². The molecule has 0 atom stereocenters. The van der Waals surface area contributed by atoms with Crippen LogP contribution in [-0.2, 0) is 16.6 Å². The van der Waals surface area contributed by atoms with Gasteiger partial charge < -0.3 is 10.1 Å². The number of anilines is 1. The molecule has 0 aliphatic heterocycles. The highest BCUT2D eigenvalue weighted by atomic mass is 32.2. The van der Waals surface area contributed by atoms with E-state index in [9.17, 15) is 13.2 Å². The Balaban J connectivity index is 1.75. The lowest BCUT2D eigenvalue weighted by Gasteiger charge is -2.13. The van der Waals surface area contributed by atoms with Crippen LogP contribution in [0.4, 0.5) is 5.69 Å². The summed E-state index contributed by atoms with van der Waals surface area (Å²) in [6.07, 6.45) is 0. The number of carbonyl (C=O) groups excluding carboxylic acids is 1. The smallest absolute Gasteiger partial charge is 0.261 e. The summed E-state index contributed by atoms with van der Waals surface area (Å²) in [5.74, 6) is 0.290. The molecule has 0 fully saturated rings. The summed E-state index contributed by atoms with van der Waals surface area (Å²) in [7, 11) is -2.29. The lowest BCUT2D eigenvalue weighted by molar-refractivity contribution is 0.0951. The van der Waals surface area contributed by atoms with Crippen molar-refractivity contribution in [3.63, 3.8) is 0 Å². The predicted molar refractivity (Wildman–Crippen MR) is 117 cm³/mol. The molecule has 0 saturated heterocycles. The van der Waals surface area contributed by atoms with Crippen LogP contribution in [-0.4, -0.2) is 21.4 Å². The Kier molecular flexibility index (Phi) is 6.42. The molecule has 3 rings (SSSR count). The molecule has 0 aromatic heterocycles. The third-order valence-electron chi connectivity index (χ3n) is 4.69. The lowest BCUT2D eigenvalue weighted by atomic mass is 10.1. The van der Waals surface area contributed by atoms with Crippen molar-refractivity contribution in [2.24, 2.45) is 0 Å². The normalized spacial score (nSPS) is 11.0. The van der Waals surface area contributed by atoms with Crippen LogP contribution in [0.2, 0.25) is 0 Å². The molecular formula is C23H24N2O4S. The number of benzene rings is 3. The fourth-order valence-corrected chi connectivity index (χ4v) is 3.94. The summed E-state index contributed by atoms with van der Waals surface area (Å²) in [5.41, 5.74) is 3.58. The van der Waals surface area contributed by atoms with Crippen LogP contribution in [0, 0.1) is 13.8 Å². The zero-order chi connectivity index (χ0) is 21.7. The van der Waals surface area contributed by atoms with Crippen molar-refractivity contribution in [2.75, 3.05) is 11.8 Å². The molecule has 0 aliphatic rings. The molecule has 2 N–H and O–H groups in total. The molecule has 0 saturated carbocycles. The van der Waals surface area contributed by atoms with Gasteiger partial charge in [-0.2, -0.15) is 0 Å². The summed E-state index contributed by atoms with van der Waals surface area (Å²) in [6, 6.07) is 18.9. The number of sulfonamides is 1. The van der Waals surface area contributed by atoms with Gasteiger partial charge in [-0.1, -0.05) is 35.9 Å². The number of ether oxygens (including phenoxy) is 1. The lowest BCUT2D eigenvalue weighted by Crippen LogP contribution is -2.23. The Morgan fingerprint density at radius 2 is 1.60 bits per heavy atom. The highest BCUT2D eigenvalue weighted by Crippen LogP contribution is 2.23. The van der Waals surface area contributed by atoms with Crippen molar-refractivity contribution in [2.45, 2.75) is 25.3 Å². The Hall–Kier alpha value is -3.32. The summed E-state index contributed by atoms with van der Waals surface area (Å²) in [5, 5.41) is 2.86. The molecule has 0 heterocycles. The topological polar surface area (TPSA) is 84.5 Å². The molecule has 6 nitrogen and oxygen atoms in total. The van der Waals surface area contributed by atoms with Crippen LogP contribution in [0.25, 0.3) is 0 Å². The number of carbonyl (C=O) groups is 1. The largest absolute Gasteiger partial charge is 0.497 e. The average molecular weight is 425 g/mol. The van der Waals surface area contributed by atoms with E-state index in [0.29, 0.717) is 29.1 Å². The van der Waals surface area contributed by atoms with Crippen molar-refractivity contribution in [1.82, 2.24) is 5.32 Å². The van der Waals surface area contributed by atoms with Crippen LogP contribution in [0.15, 0.2) is 71.6 Å². The SMILES string of the molecule is COc1ccc(S(=O)(=O)Nc2cc(C(=O)NCc3ccc(C)cc3)ccc2C)cc1. The quantitative estimate of drug-likeness (QED) is 0.599. The van der Waals surface area contributed by atoms with E-state index in [1.54, 1.807) is 37.3 Å². The number of hydrogen-bond acceptors (Lipinski definition) is 4. The van der Waals surface area contributed by atoms with Gasteiger partial charge in [0.05, 0.1) is 17.7 Å². The van der Waals surface area contributed by atoms with E-state index < -0.39 is 10.0 Å². The van der Waals surface area contributed by atoms with E-state index >= 15 is 0 Å². The first-order chi connectivity index (χ1) is 14.3. The molecule has 0 bridgehead atoms. The molecule has 0 radical (unpaired) electrons. The van der Waals surface area contributed by atoms with Crippen molar-refractivity contribution in [3.05, 3.63) is 89.0 Å². The highest BCUT2D eigenvalue weighted by molar-refractivity contribution is 7.92. The molecule has 30 heavy (non-hydrogen) atoms. The fraction of sp³-hybridized carbons (Fsp3) is 0.174. The monoisotopic (exact) mass is 424 g/mol. The van der Waals surface area contributed by atoms with Gasteiger partial charge in [-0.25, -0.2) is 8.42 Å². The maximum absolute atomic E-state index is 12.7. The number of methoxy groups -OCH3 is 1. The number of rotatable bonds is 7. The van der Waals surface area contributed by atoms with Crippen molar-refractivity contribution in [3.8, 4) is 5.75 Å². The van der Waals surface area contributed by atoms with Crippen molar-refractivity contribution < 1.29 is 17.9 Å². The van der Waals surface area contributed by atoms with Gasteiger partial charge in [0, 0.05) is 12.1 Å². The average Bonchev–Trinajstić information content (AvgIpc) is 2.74. The van der Waals surface area contributed by atoms with Crippen LogP contribution in [0.5, 0.6) is 5.75 Å². The number of hydrogen-bond donors (Lipinski definition) is 2. The summed E-state index contributed by atoms with van der Waals surface area (Å²) < 4.78 is 33.1. The Labute approximate surface area is 177 Å². The summed E-state index contributed by atoms with van der Waals surface area (Å²) in [6.45, 7) is 4.17. The third kappa shape index (κ3) is 5.18. The highest BCUT2D eigenvalue weighted by Gasteiger charge is 2.17. The van der Waals surface area contributed by atoms with E-state index in [-0.39, 0.29) is 10.8 Å². The van der Waals surface area contributed by atoms with Gasteiger partial charge in [-0.3, -0.25) is 9.52 Å². The number of aryl methyl sites for hydroxylation is 2. The number of amides is 1. The van der Waals surface area contributed by atoms with Gasteiger partial charge in [0.2, 0.25) is 0 Å². The minimum Gasteiger partial charge on any atom is -0.497 e. The number of nitrogens with one attached hydrogen (secondary N) is 2. The molecule has 1 amide bonds. The van der Waals surface area contributed by atoms with Gasteiger partial charge in [-0.05, 0) is 61.4 Å². The minimum atomic E-state index is -3.80. The second-order valence-corrected chi connectivity index (χ2v) is 8.66. The summed E-state index contributed by atoms with van der Waals surface area (Å²) >= 11 is 0. The standard InChI is InChI=1S/C23H24N2O4S/c1-16-4-7-18(8-5-16)15-24-23(26)19-9-6-17(2)22(14-19)25-30(27,28)21-12-10-20(29-3)11-13-21/h4-14,25H,15H2,1-3H3,(H,24,26). The molecule has 3 aromatic carbocycles. The van der Waals surface area contributed by atoms with Crippen LogP contribution in [0.1, 0.15) is 27.0 Å². The van der Waals surface area contributed by atoms with Gasteiger partial charge in [0.1, 0.15) is 5.75 Å². The van der Waals surface area contributed by atoms with Gasteiger partial charge in [0.25, 0.3) is 15.9 Å². The zero-order valence-corrected chi connectivity index (χ0v) is 17.9. The Bertz CT molecular complexity index is 1140. The first kappa shape index (κ1) is 21.4. The summed E-state index contributed by atoms with van der Waals surface area (Å²) in [4.78, 5) is 12.7. The Morgan fingerprint density at radius 1 is 0.933 bits per heavy atom. The van der Waals surface area contributed by atoms with Gasteiger partial charge >= 0.3 is 0 Å². The van der Waals surface area contributed by atoms with Crippen LogP contribution < -0.4 is 14.8 Å². The van der Waals surface area contributed by atoms with Gasteiger partial charge in [0.15, 0.2) is 0 Å². The van der Waals surface area contributed by atoms with Crippen LogP contribution in [0.3, 0.4) is 0 Å². The van der Waals surface area contributed by atoms with E-state index in [4.69, 9.17) is 4.74 Å². The van der Waals surface area contributed by atoms with E-state index in [1.807, 2.05) is 31.2 Å².